The van der Waals surface area contributed by atoms with Crippen molar-refractivity contribution in [3.05, 3.63) is 0 Å². The molecule has 4 aliphatic carbocycles. The zero-order chi connectivity index (χ0) is 17.3. The van der Waals surface area contributed by atoms with Crippen LogP contribution in [0.4, 0.5) is 0 Å². The van der Waals surface area contributed by atoms with Gasteiger partial charge >= 0.3 is 0 Å². The third-order valence-electron chi connectivity index (χ3n) is 9.37. The average molecular weight is 335 g/mol. The minimum Gasteiger partial charge on any atom is -0.393 e. The number of aliphatic hydroxyl groups excluding tert-OH is 1. The molecule has 0 amide bonds. The predicted molar refractivity (Wildman–Crippen MR) is 93.4 cm³/mol. The summed E-state index contributed by atoms with van der Waals surface area (Å²) >= 11 is 0. The van der Waals surface area contributed by atoms with Gasteiger partial charge in [-0.3, -0.25) is 4.79 Å². The lowest BCUT2D eigenvalue weighted by Crippen LogP contribution is -2.58. The van der Waals surface area contributed by atoms with Gasteiger partial charge in [-0.15, -0.1) is 0 Å². The van der Waals surface area contributed by atoms with Crippen molar-refractivity contribution in [3.8, 4) is 0 Å². The molecule has 0 radical (unpaired) electrons. The summed E-state index contributed by atoms with van der Waals surface area (Å²) < 4.78 is 0. The van der Waals surface area contributed by atoms with Crippen molar-refractivity contribution in [3.63, 3.8) is 0 Å². The first-order valence-corrected chi connectivity index (χ1v) is 10.1. The Labute approximate surface area is 146 Å². The molecule has 2 N–H and O–H groups in total. The quantitative estimate of drug-likeness (QED) is 0.768. The summed E-state index contributed by atoms with van der Waals surface area (Å²) in [6.07, 6.45) is 9.25. The highest BCUT2D eigenvalue weighted by Gasteiger charge is 2.65. The molecule has 0 heterocycles. The Kier molecular flexibility index (Phi) is 3.76. The van der Waals surface area contributed by atoms with Crippen LogP contribution in [-0.2, 0) is 4.79 Å². The van der Waals surface area contributed by atoms with Gasteiger partial charge in [0.2, 0.25) is 0 Å². The number of carbonyl (C=O) groups excluding carboxylic acids is 1. The lowest BCUT2D eigenvalue weighted by molar-refractivity contribution is -0.170. The van der Waals surface area contributed by atoms with E-state index in [1.807, 2.05) is 0 Å². The lowest BCUT2D eigenvalue weighted by Gasteiger charge is -2.61. The summed E-state index contributed by atoms with van der Waals surface area (Å²) in [4.78, 5) is 12.2. The first-order valence-electron chi connectivity index (χ1n) is 10.1. The van der Waals surface area contributed by atoms with Crippen LogP contribution in [0.3, 0.4) is 0 Å². The van der Waals surface area contributed by atoms with Crippen molar-refractivity contribution in [2.45, 2.75) is 90.3 Å². The summed E-state index contributed by atoms with van der Waals surface area (Å²) in [5, 5.41) is 21.3. The maximum atomic E-state index is 12.2. The minimum absolute atomic E-state index is 0.0216. The largest absolute Gasteiger partial charge is 0.393 e. The van der Waals surface area contributed by atoms with Gasteiger partial charge in [-0.25, -0.2) is 0 Å². The molecular formula is C21H34O3. The molecule has 0 aromatic rings. The van der Waals surface area contributed by atoms with Crippen LogP contribution in [-0.4, -0.2) is 27.7 Å². The van der Waals surface area contributed by atoms with Crippen LogP contribution in [0.5, 0.6) is 0 Å². The second-order valence-electron chi connectivity index (χ2n) is 10.00. The molecule has 0 spiro atoms. The third kappa shape index (κ3) is 2.00. The Morgan fingerprint density at radius 1 is 0.958 bits per heavy atom. The summed E-state index contributed by atoms with van der Waals surface area (Å²) in [6.45, 7) is 6.26. The number of fused-ring (bicyclic) bond motifs is 5. The highest BCUT2D eigenvalue weighted by molar-refractivity contribution is 5.86. The van der Waals surface area contributed by atoms with Gasteiger partial charge in [0.05, 0.1) is 6.10 Å². The second-order valence-corrected chi connectivity index (χ2v) is 10.00. The fraction of sp³-hybridized carbons (Fsp3) is 0.952. The number of hydrogen-bond acceptors (Lipinski definition) is 3. The van der Waals surface area contributed by atoms with Gasteiger partial charge in [0.15, 0.2) is 5.78 Å². The van der Waals surface area contributed by atoms with E-state index in [9.17, 15) is 15.0 Å². The molecular weight excluding hydrogens is 300 g/mol. The highest BCUT2D eigenvalue weighted by atomic mass is 16.3. The highest BCUT2D eigenvalue weighted by Crippen LogP contribution is 2.68. The SMILES string of the molecule is CC(=O)[C@@]1(O)CC[C@H]2[C@@H]3CC[C@H]4C[C@@H](O)CC[C@]4(C)[C@H]3CC[C@]21C. The summed E-state index contributed by atoms with van der Waals surface area (Å²) in [5.41, 5.74) is -0.957. The van der Waals surface area contributed by atoms with Gasteiger partial charge in [0, 0.05) is 5.41 Å². The molecule has 24 heavy (non-hydrogen) atoms. The fourth-order valence-corrected chi connectivity index (χ4v) is 7.83. The summed E-state index contributed by atoms with van der Waals surface area (Å²) in [6, 6.07) is 0. The molecule has 4 fully saturated rings. The van der Waals surface area contributed by atoms with Crippen LogP contribution in [0.2, 0.25) is 0 Å². The molecule has 0 unspecified atom stereocenters. The predicted octanol–water partition coefficient (Wildman–Crippen LogP) is 3.71. The normalized spacial score (nSPS) is 57.0. The average Bonchev–Trinajstić information content (AvgIpc) is 2.81. The van der Waals surface area contributed by atoms with Crippen molar-refractivity contribution in [1.82, 2.24) is 0 Å². The van der Waals surface area contributed by atoms with E-state index in [1.54, 1.807) is 6.92 Å². The number of carbonyl (C=O) groups is 1. The van der Waals surface area contributed by atoms with Gasteiger partial charge in [-0.1, -0.05) is 13.8 Å². The zero-order valence-corrected chi connectivity index (χ0v) is 15.6. The van der Waals surface area contributed by atoms with Crippen LogP contribution in [0.15, 0.2) is 0 Å². The van der Waals surface area contributed by atoms with Gasteiger partial charge in [-0.05, 0) is 93.8 Å². The lowest BCUT2D eigenvalue weighted by atomic mass is 9.44. The van der Waals surface area contributed by atoms with Crippen molar-refractivity contribution in [2.75, 3.05) is 0 Å². The van der Waals surface area contributed by atoms with Gasteiger partial charge in [0.25, 0.3) is 0 Å². The van der Waals surface area contributed by atoms with Crippen molar-refractivity contribution in [1.29, 1.82) is 0 Å². The van der Waals surface area contributed by atoms with Gasteiger partial charge in [-0.2, -0.15) is 0 Å². The molecule has 8 atom stereocenters. The van der Waals surface area contributed by atoms with E-state index in [-0.39, 0.29) is 17.3 Å². The molecule has 3 nitrogen and oxygen atoms in total. The van der Waals surface area contributed by atoms with E-state index < -0.39 is 5.60 Å². The number of ketones is 1. The first kappa shape index (κ1) is 17.0. The maximum absolute atomic E-state index is 12.2. The molecule has 4 rings (SSSR count). The molecule has 136 valence electrons. The van der Waals surface area contributed by atoms with Gasteiger partial charge < -0.3 is 10.2 Å². The van der Waals surface area contributed by atoms with Crippen molar-refractivity contribution in [2.24, 2.45) is 34.5 Å². The summed E-state index contributed by atoms with van der Waals surface area (Å²) in [7, 11) is 0. The Bertz CT molecular complexity index is 545. The van der Waals surface area contributed by atoms with Crippen molar-refractivity contribution < 1.29 is 15.0 Å². The van der Waals surface area contributed by atoms with E-state index in [0.717, 1.165) is 44.4 Å². The topological polar surface area (TPSA) is 57.5 Å². The molecule has 0 aromatic carbocycles. The number of aliphatic hydroxyl groups is 2. The maximum Gasteiger partial charge on any atom is 0.161 e. The zero-order valence-electron chi connectivity index (χ0n) is 15.6. The Morgan fingerprint density at radius 3 is 2.38 bits per heavy atom. The molecule has 0 aliphatic heterocycles. The standard InChI is InChI=1S/C21H34O3/c1-13(22)21(24)11-8-18-16-5-4-14-12-15(23)6-9-19(14,2)17(16)7-10-20(18,21)3/h14-18,23-24H,4-12H2,1-3H3/t14-,15-,16+,17-,18-,19-,20+,21-/m0/s1. The Balaban J connectivity index is 1.65. The van der Waals surface area contributed by atoms with Crippen LogP contribution in [0.1, 0.15) is 78.6 Å². The number of rotatable bonds is 1. The second kappa shape index (κ2) is 5.30. The molecule has 0 saturated heterocycles. The van der Waals surface area contributed by atoms with Crippen molar-refractivity contribution >= 4 is 5.78 Å². The molecule has 0 aromatic heterocycles. The Morgan fingerprint density at radius 2 is 1.67 bits per heavy atom. The minimum atomic E-state index is -1.09. The number of Topliss-reactive ketones (excluding diaryl/α,β-unsaturated/α-hetero) is 1. The van der Waals surface area contributed by atoms with E-state index in [0.29, 0.717) is 29.6 Å². The van der Waals surface area contributed by atoms with Crippen LogP contribution in [0.25, 0.3) is 0 Å². The monoisotopic (exact) mass is 334 g/mol. The van der Waals surface area contributed by atoms with E-state index in [1.165, 1.54) is 12.8 Å². The molecule has 4 saturated carbocycles. The van der Waals surface area contributed by atoms with E-state index >= 15 is 0 Å². The van der Waals surface area contributed by atoms with Gasteiger partial charge in [0.1, 0.15) is 5.60 Å². The third-order valence-corrected chi connectivity index (χ3v) is 9.37. The fourth-order valence-electron chi connectivity index (χ4n) is 7.83. The van der Waals surface area contributed by atoms with E-state index in [2.05, 4.69) is 13.8 Å². The first-order chi connectivity index (χ1) is 11.2. The molecule has 3 heteroatoms. The van der Waals surface area contributed by atoms with E-state index in [4.69, 9.17) is 0 Å². The number of hydrogen-bond donors (Lipinski definition) is 2. The Hall–Kier alpha value is -0.410. The smallest absolute Gasteiger partial charge is 0.161 e. The molecule has 4 aliphatic rings. The van der Waals surface area contributed by atoms with Crippen LogP contribution >= 0.6 is 0 Å². The van der Waals surface area contributed by atoms with Crippen LogP contribution in [0, 0.1) is 34.5 Å². The summed E-state index contributed by atoms with van der Waals surface area (Å²) in [5.74, 6) is 2.52. The molecule has 0 bridgehead atoms. The van der Waals surface area contributed by atoms with Crippen LogP contribution < -0.4 is 0 Å².